The van der Waals surface area contributed by atoms with Crippen LogP contribution in [0.4, 0.5) is 0 Å². The molecule has 1 N–H and O–H groups in total. The summed E-state index contributed by atoms with van der Waals surface area (Å²) in [7, 11) is 3.23. The van der Waals surface area contributed by atoms with Crippen LogP contribution in [0.25, 0.3) is 0 Å². The summed E-state index contributed by atoms with van der Waals surface area (Å²) >= 11 is 0. The maximum Gasteiger partial charge on any atom is 0.161 e. The molecule has 2 atom stereocenters. The first-order valence-corrected chi connectivity index (χ1v) is 7.33. The normalized spacial score (nSPS) is 20.9. The van der Waals surface area contributed by atoms with Crippen LogP contribution in [0.5, 0.6) is 11.5 Å². The second kappa shape index (κ2) is 6.95. The number of nitrogens with zero attached hydrogens (tertiary/aromatic N) is 1. The molecule has 4 heteroatoms. The summed E-state index contributed by atoms with van der Waals surface area (Å²) in [5, 5.41) is 10.4. The third-order valence-electron chi connectivity index (χ3n) is 4.17. The third kappa shape index (κ3) is 3.25. The summed E-state index contributed by atoms with van der Waals surface area (Å²) in [6.45, 7) is 3.99. The van der Waals surface area contributed by atoms with Crippen molar-refractivity contribution in [2.75, 3.05) is 27.3 Å². The number of hydrogen-bond donors (Lipinski definition) is 1. The fourth-order valence-corrected chi connectivity index (χ4v) is 2.99. The minimum Gasteiger partial charge on any atom is -0.493 e. The van der Waals surface area contributed by atoms with Crippen molar-refractivity contribution in [2.24, 2.45) is 0 Å². The fraction of sp³-hybridized carbons (Fsp3) is 0.625. The first-order valence-electron chi connectivity index (χ1n) is 7.33. The van der Waals surface area contributed by atoms with Gasteiger partial charge in [0.15, 0.2) is 11.5 Å². The molecule has 2 rings (SSSR count). The van der Waals surface area contributed by atoms with Gasteiger partial charge in [0.05, 0.1) is 20.3 Å². The van der Waals surface area contributed by atoms with Crippen molar-refractivity contribution >= 4 is 0 Å². The lowest BCUT2D eigenvalue weighted by Gasteiger charge is -2.26. The zero-order valence-electron chi connectivity index (χ0n) is 12.6. The molecule has 1 fully saturated rings. The molecule has 0 aliphatic carbocycles. The number of aliphatic hydroxyl groups excluding tert-OH is 1. The van der Waals surface area contributed by atoms with E-state index in [1.54, 1.807) is 14.2 Å². The molecule has 1 aromatic rings. The molecule has 112 valence electrons. The van der Waals surface area contributed by atoms with E-state index < -0.39 is 6.10 Å². The van der Waals surface area contributed by atoms with Gasteiger partial charge in [0, 0.05) is 12.6 Å². The van der Waals surface area contributed by atoms with E-state index >= 15 is 0 Å². The Kier molecular flexibility index (Phi) is 5.26. The van der Waals surface area contributed by atoms with E-state index in [4.69, 9.17) is 9.47 Å². The van der Waals surface area contributed by atoms with Crippen LogP contribution in [0, 0.1) is 0 Å². The number of ether oxygens (including phenoxy) is 2. The first-order chi connectivity index (χ1) is 9.69. The number of hydrogen-bond acceptors (Lipinski definition) is 4. The van der Waals surface area contributed by atoms with Crippen LogP contribution in [0.15, 0.2) is 18.2 Å². The number of benzene rings is 1. The Morgan fingerprint density at radius 1 is 1.30 bits per heavy atom. The van der Waals surface area contributed by atoms with Gasteiger partial charge in [-0.25, -0.2) is 0 Å². The lowest BCUT2D eigenvalue weighted by Crippen LogP contribution is -2.32. The van der Waals surface area contributed by atoms with Gasteiger partial charge < -0.3 is 14.6 Å². The topological polar surface area (TPSA) is 41.9 Å². The number of methoxy groups -OCH3 is 2. The SMILES string of the molecule is CCC1CCCN1CC(O)c1ccc(OC)c(OC)c1. The van der Waals surface area contributed by atoms with Gasteiger partial charge >= 0.3 is 0 Å². The van der Waals surface area contributed by atoms with Gasteiger partial charge in [0.25, 0.3) is 0 Å². The average Bonchev–Trinajstić information content (AvgIpc) is 2.93. The van der Waals surface area contributed by atoms with Crippen LogP contribution in [0.1, 0.15) is 37.9 Å². The van der Waals surface area contributed by atoms with E-state index in [0.29, 0.717) is 24.1 Å². The fourth-order valence-electron chi connectivity index (χ4n) is 2.99. The van der Waals surface area contributed by atoms with Gasteiger partial charge in [0.2, 0.25) is 0 Å². The molecule has 0 spiro atoms. The summed E-state index contributed by atoms with van der Waals surface area (Å²) in [5.74, 6) is 1.36. The molecule has 1 heterocycles. The Morgan fingerprint density at radius 2 is 2.05 bits per heavy atom. The molecular weight excluding hydrogens is 254 g/mol. The minimum atomic E-state index is -0.484. The van der Waals surface area contributed by atoms with Gasteiger partial charge in [-0.3, -0.25) is 4.90 Å². The zero-order valence-corrected chi connectivity index (χ0v) is 12.6. The largest absolute Gasteiger partial charge is 0.493 e. The molecule has 1 aliphatic rings. The van der Waals surface area contributed by atoms with Gasteiger partial charge in [-0.1, -0.05) is 13.0 Å². The van der Waals surface area contributed by atoms with E-state index in [1.165, 1.54) is 12.8 Å². The lowest BCUT2D eigenvalue weighted by atomic mass is 10.1. The molecule has 0 radical (unpaired) electrons. The molecule has 4 nitrogen and oxygen atoms in total. The van der Waals surface area contributed by atoms with Gasteiger partial charge in [-0.2, -0.15) is 0 Å². The van der Waals surface area contributed by atoms with Crippen LogP contribution < -0.4 is 9.47 Å². The van der Waals surface area contributed by atoms with E-state index in [-0.39, 0.29) is 0 Å². The summed E-state index contributed by atoms with van der Waals surface area (Å²) < 4.78 is 10.5. The van der Waals surface area contributed by atoms with Crippen LogP contribution in [-0.4, -0.2) is 43.4 Å². The predicted octanol–water partition coefficient (Wildman–Crippen LogP) is 2.61. The second-order valence-corrected chi connectivity index (χ2v) is 5.33. The molecule has 1 aromatic carbocycles. The molecular formula is C16H25NO3. The second-order valence-electron chi connectivity index (χ2n) is 5.33. The van der Waals surface area contributed by atoms with Crippen molar-refractivity contribution < 1.29 is 14.6 Å². The maximum atomic E-state index is 10.4. The van der Waals surface area contributed by atoms with Crippen molar-refractivity contribution in [1.29, 1.82) is 0 Å². The highest BCUT2D eigenvalue weighted by atomic mass is 16.5. The molecule has 2 unspecified atom stereocenters. The third-order valence-corrected chi connectivity index (χ3v) is 4.17. The van der Waals surface area contributed by atoms with Crippen LogP contribution in [0.2, 0.25) is 0 Å². The lowest BCUT2D eigenvalue weighted by molar-refractivity contribution is 0.105. The Labute approximate surface area is 121 Å². The smallest absolute Gasteiger partial charge is 0.161 e. The first kappa shape index (κ1) is 15.1. The zero-order chi connectivity index (χ0) is 14.5. The predicted molar refractivity (Wildman–Crippen MR) is 79.4 cm³/mol. The maximum absolute atomic E-state index is 10.4. The van der Waals surface area contributed by atoms with Crippen molar-refractivity contribution in [3.63, 3.8) is 0 Å². The number of β-amino-alcohol motifs (C(OH)–C–C–N with tert-alkyl or cyclic N) is 1. The molecule has 1 aliphatic heterocycles. The Hall–Kier alpha value is -1.26. The summed E-state index contributed by atoms with van der Waals surface area (Å²) in [5.41, 5.74) is 0.879. The van der Waals surface area contributed by atoms with Crippen molar-refractivity contribution in [1.82, 2.24) is 4.90 Å². The average molecular weight is 279 g/mol. The van der Waals surface area contributed by atoms with Crippen molar-refractivity contribution in [3.8, 4) is 11.5 Å². The highest BCUT2D eigenvalue weighted by Crippen LogP contribution is 2.31. The number of rotatable bonds is 6. The van der Waals surface area contributed by atoms with Crippen molar-refractivity contribution in [3.05, 3.63) is 23.8 Å². The number of aliphatic hydroxyl groups is 1. The van der Waals surface area contributed by atoms with E-state index in [2.05, 4.69) is 11.8 Å². The van der Waals surface area contributed by atoms with Gasteiger partial charge in [-0.15, -0.1) is 0 Å². The van der Waals surface area contributed by atoms with Crippen molar-refractivity contribution in [2.45, 2.75) is 38.3 Å². The molecule has 0 bridgehead atoms. The Balaban J connectivity index is 2.07. The van der Waals surface area contributed by atoms with E-state index in [1.807, 2.05) is 18.2 Å². The summed E-state index contributed by atoms with van der Waals surface area (Å²) in [6.07, 6.45) is 3.15. The van der Waals surface area contributed by atoms with Gasteiger partial charge in [0.1, 0.15) is 0 Å². The highest BCUT2D eigenvalue weighted by Gasteiger charge is 2.25. The number of likely N-dealkylation sites (tertiary alicyclic amines) is 1. The quantitative estimate of drug-likeness (QED) is 0.869. The summed E-state index contributed by atoms with van der Waals surface area (Å²) in [4.78, 5) is 2.39. The standard InChI is InChI=1S/C16H25NO3/c1-4-13-6-5-9-17(13)11-14(18)12-7-8-15(19-2)16(10-12)20-3/h7-8,10,13-14,18H,4-6,9,11H2,1-3H3. The monoisotopic (exact) mass is 279 g/mol. The van der Waals surface area contributed by atoms with E-state index in [9.17, 15) is 5.11 Å². The van der Waals surface area contributed by atoms with Crippen LogP contribution >= 0.6 is 0 Å². The summed E-state index contributed by atoms with van der Waals surface area (Å²) in [6, 6.07) is 6.23. The molecule has 0 aromatic heterocycles. The Bertz CT molecular complexity index is 436. The molecule has 0 saturated carbocycles. The minimum absolute atomic E-state index is 0.484. The highest BCUT2D eigenvalue weighted by molar-refractivity contribution is 5.43. The van der Waals surface area contributed by atoms with Gasteiger partial charge in [-0.05, 0) is 43.5 Å². The molecule has 20 heavy (non-hydrogen) atoms. The van der Waals surface area contributed by atoms with Crippen LogP contribution in [-0.2, 0) is 0 Å². The molecule has 0 amide bonds. The van der Waals surface area contributed by atoms with E-state index in [0.717, 1.165) is 18.5 Å². The van der Waals surface area contributed by atoms with Crippen LogP contribution in [0.3, 0.4) is 0 Å². The molecule has 1 saturated heterocycles. The Morgan fingerprint density at radius 3 is 2.70 bits per heavy atom.